The Hall–Kier alpha value is -8.77. The highest BCUT2D eigenvalue weighted by Gasteiger charge is 2.12. The van der Waals surface area contributed by atoms with Crippen LogP contribution in [-0.2, 0) is 0 Å². The number of rotatable bonds is 16. The van der Waals surface area contributed by atoms with Gasteiger partial charge in [-0.05, 0) is 151 Å². The summed E-state index contributed by atoms with van der Waals surface area (Å²) in [6.07, 6.45) is 9.30. The highest BCUT2D eigenvalue weighted by atomic mass is 79.9. The first-order valence-corrected chi connectivity index (χ1v) is 24.6. The van der Waals surface area contributed by atoms with E-state index in [-0.39, 0.29) is 22.7 Å². The number of carbonyl (C=O) groups excluding carboxylic acids is 3. The highest BCUT2D eigenvalue weighted by molar-refractivity contribution is 9.10. The molecule has 18 nitrogen and oxygen atoms in total. The molecule has 0 bridgehead atoms. The second kappa shape index (κ2) is 27.7. The van der Waals surface area contributed by atoms with Gasteiger partial charge in [-0.15, -0.1) is 0 Å². The Morgan fingerprint density at radius 1 is 0.514 bits per heavy atom. The van der Waals surface area contributed by atoms with Crippen molar-refractivity contribution >= 4 is 93.3 Å². The first-order chi connectivity index (χ1) is 36.0. The van der Waals surface area contributed by atoms with Crippen LogP contribution in [-0.4, -0.2) is 56.2 Å². The van der Waals surface area contributed by atoms with Gasteiger partial charge in [0.15, 0.2) is 15.3 Å². The summed E-state index contributed by atoms with van der Waals surface area (Å²) in [4.78, 5) is 58.5. The van der Waals surface area contributed by atoms with Crippen molar-refractivity contribution in [3.05, 3.63) is 237 Å². The molecule has 0 radical (unpaired) electrons. The average Bonchev–Trinajstić information content (AvgIpc) is 4.19. The number of benzene rings is 3. The summed E-state index contributed by atoms with van der Waals surface area (Å²) >= 11 is 7.48. The third-order valence-corrected chi connectivity index (χ3v) is 12.0. The second-order valence-corrected chi connectivity index (χ2v) is 18.2. The molecular weight excluding hydrogens is 1080 g/mol. The molecule has 0 atom stereocenters. The molecule has 74 heavy (non-hydrogen) atoms. The molecule has 0 saturated heterocycles. The van der Waals surface area contributed by atoms with Gasteiger partial charge in [0.05, 0.1) is 23.6 Å². The van der Waals surface area contributed by atoms with Gasteiger partial charge in [-0.2, -0.15) is 15.3 Å². The predicted molar refractivity (Wildman–Crippen MR) is 280 cm³/mol. The minimum absolute atomic E-state index is 0.141. The number of nitrogens with zero attached hydrogens (tertiary/aromatic N) is 7. The van der Waals surface area contributed by atoms with E-state index in [9.17, 15) is 28.9 Å². The van der Waals surface area contributed by atoms with Crippen molar-refractivity contribution in [2.75, 3.05) is 0 Å². The molecule has 370 valence electrons. The van der Waals surface area contributed by atoms with Crippen LogP contribution in [0.2, 0.25) is 0 Å². The number of furan rings is 3. The second-order valence-electron chi connectivity index (χ2n) is 14.2. The molecule has 6 heterocycles. The Balaban J connectivity index is 0.000000162. The van der Waals surface area contributed by atoms with Crippen LogP contribution in [0.4, 0.5) is 10.1 Å². The monoisotopic (exact) mass is 1110 g/mol. The predicted octanol–water partition coefficient (Wildman–Crippen LogP) is 11.6. The molecule has 6 aromatic heterocycles. The number of hydrazone groups is 3. The molecule has 0 aliphatic rings. The van der Waals surface area contributed by atoms with Gasteiger partial charge >= 0.3 is 0 Å². The number of nitro groups is 1. The molecule has 0 spiro atoms. The largest absolute Gasteiger partial charge is 0.448 e. The summed E-state index contributed by atoms with van der Waals surface area (Å²) in [6.45, 7) is 0. The Labute approximate surface area is 441 Å². The van der Waals surface area contributed by atoms with Crippen LogP contribution in [0.5, 0.6) is 0 Å². The lowest BCUT2D eigenvalue weighted by Gasteiger charge is -1.99. The van der Waals surface area contributed by atoms with Gasteiger partial charge < -0.3 is 13.3 Å². The molecule has 0 unspecified atom stereocenters. The SMILES string of the molecule is O=C(N/N=C/c1ccc(Sc2ccccn2)o1)c1cccc(Br)c1.O=C(N/N=C/c1ccc(Sc2ccccn2)o1)c1cccc(F)c1.O=C(N/N=C/c1ccc(Sc2ccccn2)o1)c1cccc([N+](=O)[O-])c1. The number of nitrogens with one attached hydrogen (secondary N) is 3. The van der Waals surface area contributed by atoms with Crippen LogP contribution in [0.15, 0.2) is 246 Å². The Morgan fingerprint density at radius 3 is 1.28 bits per heavy atom. The maximum atomic E-state index is 13.1. The summed E-state index contributed by atoms with van der Waals surface area (Å²) in [5.41, 5.74) is 7.77. The normalized spacial score (nSPS) is 10.8. The number of nitro benzene ring substituents is 1. The smallest absolute Gasteiger partial charge is 0.271 e. The van der Waals surface area contributed by atoms with E-state index in [4.69, 9.17) is 13.3 Å². The number of carbonyl (C=O) groups is 3. The fraction of sp³-hybridized carbons (Fsp3) is 0. The highest BCUT2D eigenvalue weighted by Crippen LogP contribution is 2.29. The van der Waals surface area contributed by atoms with Crippen molar-refractivity contribution in [2.45, 2.75) is 30.4 Å². The third-order valence-electron chi connectivity index (χ3n) is 8.90. The zero-order valence-corrected chi connectivity index (χ0v) is 42.0. The van der Waals surface area contributed by atoms with Gasteiger partial charge in [-0.3, -0.25) is 24.5 Å². The van der Waals surface area contributed by atoms with Crippen LogP contribution < -0.4 is 16.3 Å². The molecule has 0 fully saturated rings. The van der Waals surface area contributed by atoms with E-state index in [2.05, 4.69) is 62.5 Å². The Morgan fingerprint density at radius 2 is 0.905 bits per heavy atom. The van der Waals surface area contributed by atoms with Crippen molar-refractivity contribution < 1.29 is 36.9 Å². The Kier molecular flexibility index (Phi) is 19.9. The molecule has 3 aromatic carbocycles. The number of hydrogen-bond acceptors (Lipinski definition) is 17. The molecule has 9 aromatic rings. The maximum absolute atomic E-state index is 13.1. The van der Waals surface area contributed by atoms with Crippen LogP contribution in [0.1, 0.15) is 48.4 Å². The van der Waals surface area contributed by atoms with E-state index < -0.39 is 22.6 Å². The van der Waals surface area contributed by atoms with E-state index in [1.54, 1.807) is 67.1 Å². The molecule has 3 N–H and O–H groups in total. The van der Waals surface area contributed by atoms with Crippen molar-refractivity contribution in [1.29, 1.82) is 0 Å². The molecule has 0 saturated carbocycles. The zero-order valence-electron chi connectivity index (χ0n) is 37.9. The fourth-order valence-electron chi connectivity index (χ4n) is 5.58. The van der Waals surface area contributed by atoms with Gasteiger partial charge in [0.25, 0.3) is 23.4 Å². The van der Waals surface area contributed by atoms with Crippen LogP contribution in [0.3, 0.4) is 0 Å². The summed E-state index contributed by atoms with van der Waals surface area (Å²) in [6, 6.07) is 45.3. The number of pyridine rings is 3. The van der Waals surface area contributed by atoms with Crippen molar-refractivity contribution in [3.63, 3.8) is 0 Å². The van der Waals surface area contributed by atoms with E-state index >= 15 is 0 Å². The molecule has 0 aliphatic carbocycles. The summed E-state index contributed by atoms with van der Waals surface area (Å²) in [5.74, 6) is -0.352. The van der Waals surface area contributed by atoms with E-state index in [1.807, 2.05) is 66.7 Å². The van der Waals surface area contributed by atoms with E-state index in [0.717, 1.165) is 25.6 Å². The Bertz CT molecular complexity index is 3250. The van der Waals surface area contributed by atoms with Crippen LogP contribution in [0, 0.1) is 15.9 Å². The summed E-state index contributed by atoms with van der Waals surface area (Å²) in [5, 5.41) is 26.7. The molecule has 9 rings (SSSR count). The minimum Gasteiger partial charge on any atom is -0.448 e. The van der Waals surface area contributed by atoms with Crippen molar-refractivity contribution in [1.82, 2.24) is 31.2 Å². The van der Waals surface area contributed by atoms with Gasteiger partial charge in [-0.25, -0.2) is 35.6 Å². The molecule has 0 aliphatic heterocycles. The van der Waals surface area contributed by atoms with Crippen LogP contribution in [0.25, 0.3) is 0 Å². The molecule has 23 heteroatoms. The maximum Gasteiger partial charge on any atom is 0.271 e. The molecule has 3 amide bonds. The fourth-order valence-corrected chi connectivity index (χ4v) is 8.20. The summed E-state index contributed by atoms with van der Waals surface area (Å²) in [7, 11) is 0. The number of halogens is 2. The van der Waals surface area contributed by atoms with Crippen LogP contribution >= 0.6 is 51.2 Å². The molecular formula is C51H36BrFN10O8S3. The lowest BCUT2D eigenvalue weighted by Crippen LogP contribution is -2.17. The quantitative estimate of drug-likeness (QED) is 0.0463. The van der Waals surface area contributed by atoms with Gasteiger partial charge in [0.1, 0.15) is 38.2 Å². The lowest BCUT2D eigenvalue weighted by molar-refractivity contribution is -0.384. The average molecular weight is 1110 g/mol. The number of hydrogen-bond donors (Lipinski definition) is 3. The minimum atomic E-state index is -0.566. The van der Waals surface area contributed by atoms with E-state index in [0.29, 0.717) is 38.1 Å². The van der Waals surface area contributed by atoms with Gasteiger partial charge in [0, 0.05) is 51.9 Å². The van der Waals surface area contributed by atoms with Gasteiger partial charge in [0.2, 0.25) is 0 Å². The zero-order chi connectivity index (χ0) is 51.9. The first-order valence-electron chi connectivity index (χ1n) is 21.3. The van der Waals surface area contributed by atoms with E-state index in [1.165, 1.54) is 96.4 Å². The van der Waals surface area contributed by atoms with Crippen molar-refractivity contribution in [2.24, 2.45) is 15.3 Å². The van der Waals surface area contributed by atoms with Crippen molar-refractivity contribution in [3.8, 4) is 0 Å². The van der Waals surface area contributed by atoms with Gasteiger partial charge in [-0.1, -0.05) is 52.3 Å². The first kappa shape index (κ1) is 53.0. The topological polar surface area (TPSA) is 246 Å². The lowest BCUT2D eigenvalue weighted by atomic mass is 10.2. The summed E-state index contributed by atoms with van der Waals surface area (Å²) < 4.78 is 30.6. The number of amides is 3. The number of non-ortho nitro benzene ring substituents is 1. The standard InChI is InChI=1S/C17H12BrN3O2S.C17H12FN3O2S.C17H12N4O4S/c2*18-13-5-3-4-12(10-13)17(22)21-20-11-14-7-8-16(23-14)24-15-6-1-2-9-19-15;22-17(12-4-3-5-13(10-12)21(23)24)20-19-11-14-7-8-16(25-14)26-15-6-1-2-9-18-15/h2*1-11H,(H,21,22);1-11H,(H,20,22)/b2*20-11+;19-11+. The number of aromatic nitrogens is 3. The third kappa shape index (κ3) is 17.5.